The molecule has 1 atom stereocenters. The van der Waals surface area contributed by atoms with Gasteiger partial charge in [-0.05, 0) is 47.9 Å². The number of amides is 2. The van der Waals surface area contributed by atoms with Crippen molar-refractivity contribution in [1.29, 1.82) is 0 Å². The van der Waals surface area contributed by atoms with Crippen molar-refractivity contribution >= 4 is 11.8 Å². The number of hydrogen-bond donors (Lipinski definition) is 1. The zero-order valence-electron chi connectivity index (χ0n) is 23.2. The summed E-state index contributed by atoms with van der Waals surface area (Å²) in [6, 6.07) is 24.0. The quantitative estimate of drug-likeness (QED) is 0.292. The predicted octanol–water partition coefficient (Wildman–Crippen LogP) is 6.97. The highest BCUT2D eigenvalue weighted by molar-refractivity contribution is 5.88. The van der Waals surface area contributed by atoms with E-state index in [1.54, 1.807) is 23.1 Å². The lowest BCUT2D eigenvalue weighted by Gasteiger charge is -2.33. The van der Waals surface area contributed by atoms with E-state index in [0.717, 1.165) is 36.8 Å². The molecule has 1 aliphatic rings. The van der Waals surface area contributed by atoms with Crippen molar-refractivity contribution in [3.8, 4) is 0 Å². The Hall–Kier alpha value is -3.47. The van der Waals surface area contributed by atoms with Crippen LogP contribution in [0.25, 0.3) is 0 Å². The van der Waals surface area contributed by atoms with Gasteiger partial charge in [0, 0.05) is 31.0 Å². The zero-order valence-corrected chi connectivity index (χ0v) is 23.2. The lowest BCUT2D eigenvalue weighted by Crippen LogP contribution is -2.53. The number of nitrogens with one attached hydrogen (secondary N) is 1. The Bertz CT molecular complexity index is 1200. The number of benzene rings is 3. The molecule has 2 amide bonds. The maximum absolute atomic E-state index is 14.8. The standard InChI is InChI=1S/C34H41FN2O2/c1-25(2)28-20-17-26(18-21-28)19-22-33(38)37(24-29-13-9-10-16-31(29)35)32(23-27-11-5-3-6-12-27)34(39)36-30-14-7-4-8-15-30/h3,5-6,9-13,16-18,20-21,25,30,32H,4,7-8,14-15,19,22-24H2,1-2H3,(H,36,39). The fraction of sp³-hybridized carbons (Fsp3) is 0.412. The molecule has 1 saturated carbocycles. The lowest BCUT2D eigenvalue weighted by atomic mass is 9.94. The molecule has 206 valence electrons. The Balaban J connectivity index is 1.59. The summed E-state index contributed by atoms with van der Waals surface area (Å²) in [5.74, 6) is -0.230. The third kappa shape index (κ3) is 8.26. The van der Waals surface area contributed by atoms with Crippen molar-refractivity contribution < 1.29 is 14.0 Å². The maximum atomic E-state index is 14.8. The first-order valence-electron chi connectivity index (χ1n) is 14.4. The molecule has 0 saturated heterocycles. The van der Waals surface area contributed by atoms with Gasteiger partial charge in [-0.25, -0.2) is 4.39 Å². The number of halogens is 1. The Morgan fingerprint density at radius 1 is 0.872 bits per heavy atom. The highest BCUT2D eigenvalue weighted by Gasteiger charge is 2.32. The molecule has 0 heterocycles. The van der Waals surface area contributed by atoms with Crippen molar-refractivity contribution in [2.45, 2.75) is 89.8 Å². The van der Waals surface area contributed by atoms with E-state index in [2.05, 4.69) is 43.4 Å². The number of carbonyl (C=O) groups is 2. The van der Waals surface area contributed by atoms with Crippen LogP contribution in [0, 0.1) is 5.82 Å². The molecule has 1 N–H and O–H groups in total. The predicted molar refractivity (Wildman–Crippen MR) is 155 cm³/mol. The smallest absolute Gasteiger partial charge is 0.243 e. The SMILES string of the molecule is CC(C)c1ccc(CCC(=O)N(Cc2ccccc2F)C(Cc2ccccc2)C(=O)NC2CCCCC2)cc1. The van der Waals surface area contributed by atoms with Crippen LogP contribution in [0.5, 0.6) is 0 Å². The first kappa shape index (κ1) is 28.5. The van der Waals surface area contributed by atoms with Crippen molar-refractivity contribution in [1.82, 2.24) is 10.2 Å². The molecule has 0 aliphatic heterocycles. The first-order chi connectivity index (χ1) is 18.9. The number of aryl methyl sites for hydroxylation is 1. The van der Waals surface area contributed by atoms with E-state index >= 15 is 0 Å². The van der Waals surface area contributed by atoms with Gasteiger partial charge in [-0.15, -0.1) is 0 Å². The van der Waals surface area contributed by atoms with Crippen LogP contribution in [0.4, 0.5) is 4.39 Å². The van der Waals surface area contributed by atoms with Gasteiger partial charge in [-0.2, -0.15) is 0 Å². The molecule has 5 heteroatoms. The monoisotopic (exact) mass is 528 g/mol. The van der Waals surface area contributed by atoms with Crippen LogP contribution < -0.4 is 5.32 Å². The highest BCUT2D eigenvalue weighted by Crippen LogP contribution is 2.22. The topological polar surface area (TPSA) is 49.4 Å². The average molecular weight is 529 g/mol. The summed E-state index contributed by atoms with van der Waals surface area (Å²) in [6.45, 7) is 4.36. The molecule has 4 rings (SSSR count). The third-order valence-electron chi connectivity index (χ3n) is 7.80. The molecular formula is C34H41FN2O2. The van der Waals surface area contributed by atoms with Crippen LogP contribution in [0.1, 0.15) is 80.5 Å². The van der Waals surface area contributed by atoms with Gasteiger partial charge in [-0.3, -0.25) is 9.59 Å². The summed E-state index contributed by atoms with van der Waals surface area (Å²) in [6.07, 6.45) is 6.49. The van der Waals surface area contributed by atoms with Crippen molar-refractivity contribution in [3.63, 3.8) is 0 Å². The Labute approximate surface area is 232 Å². The largest absolute Gasteiger partial charge is 0.352 e. The van der Waals surface area contributed by atoms with Crippen LogP contribution in [0.2, 0.25) is 0 Å². The summed E-state index contributed by atoms with van der Waals surface area (Å²) < 4.78 is 14.8. The van der Waals surface area contributed by atoms with Crippen molar-refractivity contribution in [2.24, 2.45) is 0 Å². The summed E-state index contributed by atoms with van der Waals surface area (Å²) in [4.78, 5) is 29.3. The van der Waals surface area contributed by atoms with Gasteiger partial charge in [0.05, 0.1) is 0 Å². The fourth-order valence-corrected chi connectivity index (χ4v) is 5.37. The van der Waals surface area contributed by atoms with Crippen LogP contribution in [-0.2, 0) is 29.0 Å². The zero-order chi connectivity index (χ0) is 27.6. The van der Waals surface area contributed by atoms with Crippen LogP contribution in [-0.4, -0.2) is 28.8 Å². The van der Waals surface area contributed by atoms with Gasteiger partial charge in [0.15, 0.2) is 0 Å². The minimum absolute atomic E-state index is 0.0490. The normalized spacial score (nSPS) is 14.7. The molecule has 0 radical (unpaired) electrons. The molecule has 0 spiro atoms. The summed E-state index contributed by atoms with van der Waals surface area (Å²) in [7, 11) is 0. The first-order valence-corrected chi connectivity index (χ1v) is 14.4. The Morgan fingerprint density at radius 3 is 2.21 bits per heavy atom. The van der Waals surface area contributed by atoms with E-state index in [9.17, 15) is 14.0 Å². The molecule has 3 aromatic rings. The summed E-state index contributed by atoms with van der Waals surface area (Å²) in [5, 5.41) is 3.24. The molecule has 4 nitrogen and oxygen atoms in total. The number of hydrogen-bond acceptors (Lipinski definition) is 2. The van der Waals surface area contributed by atoms with E-state index in [0.29, 0.717) is 24.3 Å². The van der Waals surface area contributed by atoms with Gasteiger partial charge >= 0.3 is 0 Å². The van der Waals surface area contributed by atoms with E-state index in [4.69, 9.17) is 0 Å². The third-order valence-corrected chi connectivity index (χ3v) is 7.80. The highest BCUT2D eigenvalue weighted by atomic mass is 19.1. The van der Waals surface area contributed by atoms with Crippen LogP contribution in [0.15, 0.2) is 78.9 Å². The molecule has 3 aromatic carbocycles. The number of nitrogens with zero attached hydrogens (tertiary/aromatic N) is 1. The molecule has 1 unspecified atom stereocenters. The average Bonchev–Trinajstić information content (AvgIpc) is 2.95. The maximum Gasteiger partial charge on any atom is 0.243 e. The van der Waals surface area contributed by atoms with Crippen molar-refractivity contribution in [3.05, 3.63) is 107 Å². The van der Waals surface area contributed by atoms with Crippen LogP contribution in [0.3, 0.4) is 0 Å². The van der Waals surface area contributed by atoms with Crippen LogP contribution >= 0.6 is 0 Å². The van der Waals surface area contributed by atoms with Gasteiger partial charge < -0.3 is 10.2 Å². The van der Waals surface area contributed by atoms with E-state index < -0.39 is 6.04 Å². The van der Waals surface area contributed by atoms with E-state index in [1.807, 2.05) is 30.3 Å². The lowest BCUT2D eigenvalue weighted by molar-refractivity contribution is -0.141. The summed E-state index contributed by atoms with van der Waals surface area (Å²) in [5.41, 5.74) is 3.71. The molecule has 0 aromatic heterocycles. The van der Waals surface area contributed by atoms with E-state index in [-0.39, 0.29) is 36.6 Å². The van der Waals surface area contributed by atoms with Gasteiger partial charge in [0.2, 0.25) is 11.8 Å². The van der Waals surface area contributed by atoms with E-state index in [1.165, 1.54) is 18.1 Å². The molecular weight excluding hydrogens is 487 g/mol. The second-order valence-corrected chi connectivity index (χ2v) is 11.1. The summed E-state index contributed by atoms with van der Waals surface area (Å²) >= 11 is 0. The molecule has 0 bridgehead atoms. The second kappa shape index (κ2) is 14.1. The van der Waals surface area contributed by atoms with Gasteiger partial charge in [0.1, 0.15) is 11.9 Å². The number of rotatable bonds is 11. The molecule has 1 aliphatic carbocycles. The minimum atomic E-state index is -0.732. The number of carbonyl (C=O) groups excluding carboxylic acids is 2. The van der Waals surface area contributed by atoms with Crippen molar-refractivity contribution in [2.75, 3.05) is 0 Å². The van der Waals surface area contributed by atoms with Gasteiger partial charge in [-0.1, -0.05) is 106 Å². The Kier molecular flexibility index (Phi) is 10.3. The second-order valence-electron chi connectivity index (χ2n) is 11.1. The molecule has 1 fully saturated rings. The fourth-order valence-electron chi connectivity index (χ4n) is 5.37. The Morgan fingerprint density at radius 2 is 1.54 bits per heavy atom. The minimum Gasteiger partial charge on any atom is -0.352 e. The molecule has 39 heavy (non-hydrogen) atoms. The van der Waals surface area contributed by atoms with Gasteiger partial charge in [0.25, 0.3) is 0 Å².